The number of hydrazone groups is 1. The minimum absolute atomic E-state index is 0.517. The summed E-state index contributed by atoms with van der Waals surface area (Å²) in [4.78, 5) is 19.5. The molecule has 0 spiro atoms. The minimum atomic E-state index is -0.732. The van der Waals surface area contributed by atoms with Crippen LogP contribution in [0.5, 0.6) is 0 Å². The maximum Gasteiger partial charge on any atom is 0.332 e. The van der Waals surface area contributed by atoms with Crippen molar-refractivity contribution in [1.29, 1.82) is 0 Å². The van der Waals surface area contributed by atoms with Crippen LogP contribution in [-0.2, 0) is 6.54 Å². The lowest BCUT2D eigenvalue weighted by atomic mass is 10.1. The van der Waals surface area contributed by atoms with Gasteiger partial charge in [0.2, 0.25) is 0 Å². The molecule has 0 atom stereocenters. The standard InChI is InChI=1S/C18H19N7O/c1-11(24-25-18(20)26)15-7-5-14(19)17(23-15)22-10-12-4-6-16-13(9-12)3-2-8-21-16/h2-9H,10,19H2,1H3,(H,22,23)(H3,20,25,26). The highest BCUT2D eigenvalue weighted by Crippen LogP contribution is 2.19. The van der Waals surface area contributed by atoms with Gasteiger partial charge in [0.05, 0.1) is 22.6 Å². The van der Waals surface area contributed by atoms with Gasteiger partial charge in [-0.2, -0.15) is 5.10 Å². The molecule has 0 aliphatic carbocycles. The van der Waals surface area contributed by atoms with Gasteiger partial charge in [-0.1, -0.05) is 12.1 Å². The van der Waals surface area contributed by atoms with Gasteiger partial charge in [0, 0.05) is 18.1 Å². The number of aromatic nitrogens is 2. The van der Waals surface area contributed by atoms with Gasteiger partial charge in [0.25, 0.3) is 0 Å². The van der Waals surface area contributed by atoms with Gasteiger partial charge in [-0.05, 0) is 42.8 Å². The molecule has 8 heteroatoms. The molecule has 0 aliphatic rings. The molecule has 2 amide bonds. The van der Waals surface area contributed by atoms with E-state index in [9.17, 15) is 4.79 Å². The van der Waals surface area contributed by atoms with Crippen LogP contribution in [0.15, 0.2) is 53.8 Å². The first-order valence-corrected chi connectivity index (χ1v) is 7.97. The van der Waals surface area contributed by atoms with Crippen LogP contribution in [0.1, 0.15) is 18.2 Å². The number of hydrogen-bond acceptors (Lipinski definition) is 6. The number of urea groups is 1. The van der Waals surface area contributed by atoms with E-state index in [-0.39, 0.29) is 0 Å². The van der Waals surface area contributed by atoms with Crippen LogP contribution in [0.25, 0.3) is 10.9 Å². The van der Waals surface area contributed by atoms with E-state index < -0.39 is 6.03 Å². The molecule has 0 saturated heterocycles. The zero-order valence-electron chi connectivity index (χ0n) is 14.2. The number of rotatable bonds is 5. The van der Waals surface area contributed by atoms with Crippen molar-refractivity contribution < 1.29 is 4.79 Å². The molecule has 0 radical (unpaired) electrons. The Kier molecular flexibility index (Phi) is 4.93. The van der Waals surface area contributed by atoms with Crippen LogP contribution in [0.4, 0.5) is 16.3 Å². The topological polar surface area (TPSA) is 131 Å². The number of primary amides is 1. The molecule has 132 valence electrons. The lowest BCUT2D eigenvalue weighted by Crippen LogP contribution is -2.25. The Morgan fingerprint density at radius 3 is 2.88 bits per heavy atom. The Bertz CT molecular complexity index is 984. The zero-order chi connectivity index (χ0) is 18.5. The SMILES string of the molecule is CC(=NNC(N)=O)c1ccc(N)c(NCc2ccc3ncccc3c2)n1. The lowest BCUT2D eigenvalue weighted by Gasteiger charge is -2.11. The van der Waals surface area contributed by atoms with Gasteiger partial charge >= 0.3 is 6.03 Å². The summed E-state index contributed by atoms with van der Waals surface area (Å²) in [5, 5.41) is 8.17. The Labute approximate surface area is 150 Å². The maximum atomic E-state index is 10.8. The molecule has 0 unspecified atom stereocenters. The number of pyridine rings is 2. The normalized spacial score (nSPS) is 11.3. The van der Waals surface area contributed by atoms with E-state index in [1.165, 1.54) is 0 Å². The molecule has 2 aromatic heterocycles. The number of anilines is 2. The minimum Gasteiger partial charge on any atom is -0.396 e. The third kappa shape index (κ3) is 4.04. The molecule has 0 bridgehead atoms. The van der Waals surface area contributed by atoms with Gasteiger partial charge in [0.1, 0.15) is 5.82 Å². The third-order valence-electron chi connectivity index (χ3n) is 3.76. The van der Waals surface area contributed by atoms with Crippen LogP contribution in [0.2, 0.25) is 0 Å². The summed E-state index contributed by atoms with van der Waals surface area (Å²) in [5.74, 6) is 0.544. The molecular weight excluding hydrogens is 330 g/mol. The Morgan fingerprint density at radius 1 is 1.23 bits per heavy atom. The van der Waals surface area contributed by atoms with Crippen LogP contribution in [0.3, 0.4) is 0 Å². The lowest BCUT2D eigenvalue weighted by molar-refractivity contribution is 0.249. The summed E-state index contributed by atoms with van der Waals surface area (Å²) in [6.45, 7) is 2.27. The summed E-state index contributed by atoms with van der Waals surface area (Å²) in [6, 6.07) is 12.7. The number of fused-ring (bicyclic) bond motifs is 1. The third-order valence-corrected chi connectivity index (χ3v) is 3.76. The average Bonchev–Trinajstić information content (AvgIpc) is 2.65. The van der Waals surface area contributed by atoms with Crippen molar-refractivity contribution in [3.63, 3.8) is 0 Å². The number of nitrogen functional groups attached to an aromatic ring is 1. The van der Waals surface area contributed by atoms with E-state index in [0.717, 1.165) is 16.5 Å². The summed E-state index contributed by atoms with van der Waals surface area (Å²) in [5.41, 5.74) is 16.8. The Hall–Kier alpha value is -3.68. The van der Waals surface area contributed by atoms with Gasteiger partial charge in [-0.25, -0.2) is 15.2 Å². The summed E-state index contributed by atoms with van der Waals surface area (Å²) < 4.78 is 0. The van der Waals surface area contributed by atoms with Crippen molar-refractivity contribution in [3.8, 4) is 0 Å². The van der Waals surface area contributed by atoms with Crippen molar-refractivity contribution in [1.82, 2.24) is 15.4 Å². The first kappa shape index (κ1) is 17.2. The van der Waals surface area contributed by atoms with E-state index in [1.807, 2.05) is 24.3 Å². The van der Waals surface area contributed by atoms with E-state index in [1.54, 1.807) is 25.3 Å². The second-order valence-electron chi connectivity index (χ2n) is 5.69. The molecule has 3 aromatic rings. The smallest absolute Gasteiger partial charge is 0.332 e. The fraction of sp³-hybridized carbons (Fsp3) is 0.111. The van der Waals surface area contributed by atoms with E-state index in [4.69, 9.17) is 11.5 Å². The maximum absolute atomic E-state index is 10.8. The second kappa shape index (κ2) is 7.47. The molecule has 0 saturated carbocycles. The fourth-order valence-corrected chi connectivity index (χ4v) is 2.43. The van der Waals surface area contributed by atoms with Crippen LogP contribution < -0.4 is 22.2 Å². The van der Waals surface area contributed by atoms with Crippen molar-refractivity contribution in [2.45, 2.75) is 13.5 Å². The number of nitrogens with one attached hydrogen (secondary N) is 2. The number of carbonyl (C=O) groups excluding carboxylic acids is 1. The number of amides is 2. The summed E-state index contributed by atoms with van der Waals surface area (Å²) >= 11 is 0. The highest BCUT2D eigenvalue weighted by Gasteiger charge is 2.06. The van der Waals surface area contributed by atoms with Crippen molar-refractivity contribution in [3.05, 3.63) is 59.9 Å². The highest BCUT2D eigenvalue weighted by atomic mass is 16.2. The molecule has 26 heavy (non-hydrogen) atoms. The molecule has 3 rings (SSSR count). The number of hydrogen-bond donors (Lipinski definition) is 4. The number of nitrogens with two attached hydrogens (primary N) is 2. The fourth-order valence-electron chi connectivity index (χ4n) is 2.43. The van der Waals surface area contributed by atoms with Crippen molar-refractivity contribution in [2.24, 2.45) is 10.8 Å². The number of carbonyl (C=O) groups is 1. The Balaban J connectivity index is 1.77. The van der Waals surface area contributed by atoms with Crippen LogP contribution >= 0.6 is 0 Å². The van der Waals surface area contributed by atoms with E-state index in [0.29, 0.717) is 29.5 Å². The average molecular weight is 349 g/mol. The van der Waals surface area contributed by atoms with E-state index >= 15 is 0 Å². The predicted molar refractivity (Wildman–Crippen MR) is 103 cm³/mol. The first-order valence-electron chi connectivity index (χ1n) is 7.97. The van der Waals surface area contributed by atoms with Gasteiger partial charge in [0.15, 0.2) is 0 Å². The van der Waals surface area contributed by atoms with Crippen molar-refractivity contribution >= 4 is 34.2 Å². The molecule has 0 aliphatic heterocycles. The molecule has 8 nitrogen and oxygen atoms in total. The number of nitrogens with zero attached hydrogens (tertiary/aromatic N) is 3. The largest absolute Gasteiger partial charge is 0.396 e. The van der Waals surface area contributed by atoms with E-state index in [2.05, 4.69) is 31.9 Å². The first-order chi connectivity index (χ1) is 12.5. The summed E-state index contributed by atoms with van der Waals surface area (Å²) in [6.07, 6.45) is 1.77. The molecular formula is C18H19N7O. The Morgan fingerprint density at radius 2 is 2.08 bits per heavy atom. The molecule has 2 heterocycles. The predicted octanol–water partition coefficient (Wildman–Crippen LogP) is 2.22. The second-order valence-corrected chi connectivity index (χ2v) is 5.69. The monoisotopic (exact) mass is 349 g/mol. The zero-order valence-corrected chi connectivity index (χ0v) is 14.2. The quantitative estimate of drug-likeness (QED) is 0.414. The van der Waals surface area contributed by atoms with Gasteiger partial charge in [-0.15, -0.1) is 0 Å². The van der Waals surface area contributed by atoms with Crippen molar-refractivity contribution in [2.75, 3.05) is 11.1 Å². The highest BCUT2D eigenvalue weighted by molar-refractivity contribution is 5.98. The molecule has 0 fully saturated rings. The summed E-state index contributed by atoms with van der Waals surface area (Å²) in [7, 11) is 0. The number of benzene rings is 1. The van der Waals surface area contributed by atoms with Gasteiger partial charge < -0.3 is 16.8 Å². The molecule has 1 aromatic carbocycles. The van der Waals surface area contributed by atoms with Crippen LogP contribution in [0, 0.1) is 0 Å². The van der Waals surface area contributed by atoms with Crippen LogP contribution in [-0.4, -0.2) is 21.7 Å². The molecule has 6 N–H and O–H groups in total. The van der Waals surface area contributed by atoms with Gasteiger partial charge in [-0.3, -0.25) is 4.98 Å².